The number of benzene rings is 3. The highest BCUT2D eigenvalue weighted by Crippen LogP contribution is 2.39. The molecule has 144 valence electrons. The van der Waals surface area contributed by atoms with Gasteiger partial charge in [-0.1, -0.05) is 60.2 Å². The van der Waals surface area contributed by atoms with Crippen molar-refractivity contribution in [2.75, 3.05) is 4.90 Å². The minimum atomic E-state index is -0.389. The molecule has 3 aromatic carbocycles. The van der Waals surface area contributed by atoms with E-state index < -0.39 is 0 Å². The third-order valence-corrected chi connectivity index (χ3v) is 5.84. The fraction of sp³-hybridized carbons (Fsp3) is 0.0833. The largest absolute Gasteiger partial charge is 0.272 e. The first-order chi connectivity index (χ1) is 14.0. The van der Waals surface area contributed by atoms with E-state index in [9.17, 15) is 14.0 Å². The molecule has 0 aromatic heterocycles. The Hall–Kier alpha value is -3.18. The molecule has 3 nitrogen and oxygen atoms in total. The van der Waals surface area contributed by atoms with Gasteiger partial charge in [0.25, 0.3) is 11.8 Å². The molecule has 1 aliphatic rings. The van der Waals surface area contributed by atoms with Gasteiger partial charge in [-0.15, -0.1) is 11.8 Å². The molecule has 0 atom stereocenters. The van der Waals surface area contributed by atoms with Gasteiger partial charge in [0.1, 0.15) is 5.82 Å². The molecule has 0 N–H and O–H groups in total. The van der Waals surface area contributed by atoms with Gasteiger partial charge in [0, 0.05) is 5.75 Å². The molecular formula is C24H18FNO2S. The van der Waals surface area contributed by atoms with Gasteiger partial charge in [0.05, 0.1) is 16.2 Å². The van der Waals surface area contributed by atoms with Gasteiger partial charge in [-0.3, -0.25) is 9.59 Å². The zero-order valence-electron chi connectivity index (χ0n) is 15.8. The van der Waals surface area contributed by atoms with Crippen molar-refractivity contribution < 1.29 is 14.0 Å². The summed E-state index contributed by atoms with van der Waals surface area (Å²) in [4.78, 5) is 28.1. The van der Waals surface area contributed by atoms with Crippen LogP contribution in [0.4, 0.5) is 10.1 Å². The van der Waals surface area contributed by atoms with Crippen molar-refractivity contribution in [3.8, 4) is 0 Å². The van der Waals surface area contributed by atoms with Gasteiger partial charge in [0.15, 0.2) is 0 Å². The smallest absolute Gasteiger partial charge is 0.268 e. The van der Waals surface area contributed by atoms with E-state index in [-0.39, 0.29) is 17.6 Å². The fourth-order valence-corrected chi connectivity index (χ4v) is 4.24. The average molecular weight is 403 g/mol. The number of rotatable bonds is 5. The summed E-state index contributed by atoms with van der Waals surface area (Å²) in [5.41, 5.74) is 3.47. The molecule has 0 aliphatic carbocycles. The van der Waals surface area contributed by atoms with Crippen LogP contribution in [0.2, 0.25) is 0 Å². The van der Waals surface area contributed by atoms with E-state index in [1.54, 1.807) is 12.1 Å². The molecule has 2 amide bonds. The van der Waals surface area contributed by atoms with E-state index in [1.165, 1.54) is 40.9 Å². The number of aryl methyl sites for hydroxylation is 1. The topological polar surface area (TPSA) is 37.4 Å². The number of carbonyl (C=O) groups is 2. The highest BCUT2D eigenvalue weighted by atomic mass is 32.2. The number of anilines is 1. The Morgan fingerprint density at radius 2 is 1.48 bits per heavy atom. The second-order valence-corrected chi connectivity index (χ2v) is 7.75. The van der Waals surface area contributed by atoms with E-state index in [0.717, 1.165) is 11.1 Å². The molecular weight excluding hydrogens is 385 g/mol. The number of carbonyl (C=O) groups excluding carboxylic acids is 2. The van der Waals surface area contributed by atoms with Crippen LogP contribution in [0.3, 0.4) is 0 Å². The Balaban J connectivity index is 1.74. The summed E-state index contributed by atoms with van der Waals surface area (Å²) in [6.07, 6.45) is 0. The van der Waals surface area contributed by atoms with Gasteiger partial charge in [-0.05, 0) is 42.3 Å². The third kappa shape index (κ3) is 3.87. The predicted octanol–water partition coefficient (Wildman–Crippen LogP) is 5.35. The molecule has 1 heterocycles. The number of imide groups is 1. The predicted molar refractivity (Wildman–Crippen MR) is 115 cm³/mol. The second kappa shape index (κ2) is 8.05. The van der Waals surface area contributed by atoms with E-state index in [4.69, 9.17) is 0 Å². The molecule has 0 radical (unpaired) electrons. The number of amides is 2. The summed E-state index contributed by atoms with van der Waals surface area (Å²) >= 11 is 1.33. The van der Waals surface area contributed by atoms with Crippen LogP contribution in [-0.4, -0.2) is 11.8 Å². The van der Waals surface area contributed by atoms with Crippen LogP contribution >= 0.6 is 11.8 Å². The summed E-state index contributed by atoms with van der Waals surface area (Å²) in [6.45, 7) is 1.95. The number of hydrogen-bond acceptors (Lipinski definition) is 3. The van der Waals surface area contributed by atoms with Crippen LogP contribution in [0.25, 0.3) is 5.57 Å². The normalized spacial score (nSPS) is 14.1. The van der Waals surface area contributed by atoms with Gasteiger partial charge >= 0.3 is 0 Å². The lowest BCUT2D eigenvalue weighted by Gasteiger charge is -2.15. The first-order valence-corrected chi connectivity index (χ1v) is 10.2. The van der Waals surface area contributed by atoms with Gasteiger partial charge < -0.3 is 0 Å². The Morgan fingerprint density at radius 1 is 0.828 bits per heavy atom. The highest BCUT2D eigenvalue weighted by Gasteiger charge is 2.40. The average Bonchev–Trinajstić information content (AvgIpc) is 2.98. The minimum Gasteiger partial charge on any atom is -0.268 e. The lowest BCUT2D eigenvalue weighted by Crippen LogP contribution is -2.31. The minimum absolute atomic E-state index is 0.316. The lowest BCUT2D eigenvalue weighted by molar-refractivity contribution is -0.119. The summed E-state index contributed by atoms with van der Waals surface area (Å²) in [5, 5.41) is 0. The zero-order valence-corrected chi connectivity index (χ0v) is 16.6. The van der Waals surface area contributed by atoms with Crippen LogP contribution in [0.5, 0.6) is 0 Å². The quantitative estimate of drug-likeness (QED) is 0.539. The summed E-state index contributed by atoms with van der Waals surface area (Å²) in [5.74, 6) is -0.568. The number of hydrogen-bond donors (Lipinski definition) is 0. The van der Waals surface area contributed by atoms with Crippen LogP contribution in [-0.2, 0) is 15.3 Å². The van der Waals surface area contributed by atoms with Crippen molar-refractivity contribution in [1.82, 2.24) is 0 Å². The van der Waals surface area contributed by atoms with E-state index in [2.05, 4.69) is 0 Å². The van der Waals surface area contributed by atoms with Crippen LogP contribution in [0.15, 0.2) is 83.8 Å². The maximum absolute atomic E-state index is 13.4. The van der Waals surface area contributed by atoms with Gasteiger partial charge in [-0.2, -0.15) is 0 Å². The maximum Gasteiger partial charge on any atom is 0.272 e. The van der Waals surface area contributed by atoms with Gasteiger partial charge in [-0.25, -0.2) is 9.29 Å². The molecule has 0 saturated carbocycles. The Labute approximate surface area is 172 Å². The molecule has 0 spiro atoms. The van der Waals surface area contributed by atoms with Crippen LogP contribution < -0.4 is 4.90 Å². The lowest BCUT2D eigenvalue weighted by atomic mass is 10.1. The molecule has 5 heteroatoms. The molecule has 29 heavy (non-hydrogen) atoms. The van der Waals surface area contributed by atoms with Gasteiger partial charge in [0.2, 0.25) is 0 Å². The van der Waals surface area contributed by atoms with Crippen molar-refractivity contribution in [2.45, 2.75) is 12.7 Å². The van der Waals surface area contributed by atoms with Crippen LogP contribution in [0, 0.1) is 12.7 Å². The fourth-order valence-electron chi connectivity index (χ4n) is 3.17. The zero-order chi connectivity index (χ0) is 20.4. The van der Waals surface area contributed by atoms with E-state index in [1.807, 2.05) is 49.4 Å². The van der Waals surface area contributed by atoms with Crippen molar-refractivity contribution in [2.24, 2.45) is 0 Å². The molecule has 0 saturated heterocycles. The first kappa shape index (κ1) is 19.2. The molecule has 1 aliphatic heterocycles. The SMILES string of the molecule is Cc1ccc(N2C(=O)C(SCc3ccccc3)=C(c3ccc(F)cc3)C2=O)cc1. The monoisotopic (exact) mass is 403 g/mol. The van der Waals surface area contributed by atoms with Crippen molar-refractivity contribution in [3.05, 3.63) is 106 Å². The van der Waals surface area contributed by atoms with Crippen molar-refractivity contribution in [1.29, 1.82) is 0 Å². The summed E-state index contributed by atoms with van der Waals surface area (Å²) in [7, 11) is 0. The molecule has 0 bridgehead atoms. The molecule has 4 rings (SSSR count). The second-order valence-electron chi connectivity index (χ2n) is 6.77. The molecule has 0 fully saturated rings. The summed E-state index contributed by atoms with van der Waals surface area (Å²) in [6, 6.07) is 22.7. The number of nitrogens with zero attached hydrogens (tertiary/aromatic N) is 1. The maximum atomic E-state index is 13.4. The molecule has 0 unspecified atom stereocenters. The highest BCUT2D eigenvalue weighted by molar-refractivity contribution is 8.03. The third-order valence-electron chi connectivity index (χ3n) is 4.69. The molecule has 3 aromatic rings. The van der Waals surface area contributed by atoms with Crippen molar-refractivity contribution in [3.63, 3.8) is 0 Å². The number of thioether (sulfide) groups is 1. The Bertz CT molecular complexity index is 1090. The summed E-state index contributed by atoms with van der Waals surface area (Å²) < 4.78 is 13.4. The first-order valence-electron chi connectivity index (χ1n) is 9.17. The van der Waals surface area contributed by atoms with E-state index in [0.29, 0.717) is 27.5 Å². The van der Waals surface area contributed by atoms with Crippen LogP contribution in [0.1, 0.15) is 16.7 Å². The Kier molecular flexibility index (Phi) is 5.32. The van der Waals surface area contributed by atoms with Crippen molar-refractivity contribution >= 4 is 34.8 Å². The number of halogens is 1. The standard InChI is InChI=1S/C24H18FNO2S/c1-16-7-13-20(14-8-16)26-23(27)21(18-9-11-19(25)12-10-18)22(24(26)28)29-15-17-5-3-2-4-6-17/h2-14H,15H2,1H3. The van der Waals surface area contributed by atoms with E-state index >= 15 is 0 Å². The Morgan fingerprint density at radius 3 is 2.14 bits per heavy atom.